The number of aliphatic hydroxyl groups is 1. The van der Waals surface area contributed by atoms with Crippen molar-refractivity contribution < 1.29 is 23.9 Å². The minimum absolute atomic E-state index is 0.112. The number of aliphatic imine (C=N–C) groups is 1. The molecular formula is C16H31N3O4. The zero-order chi connectivity index (χ0) is 20.2. The van der Waals surface area contributed by atoms with Gasteiger partial charge in [0.1, 0.15) is 6.54 Å². The van der Waals surface area contributed by atoms with E-state index in [1.165, 1.54) is 0 Å². The Morgan fingerprint density at radius 1 is 1.22 bits per heavy atom. The standard InChI is InChI=1S/C16H31N3O4/c1-3-4-9-13(20)10-7-5-6-8-11-14(21)18-16(17)19(2)12-15(22)23/h13,20H,3-12H2,1-2H3,(H,22,23)(H2,17,18,21)/i2D3. The molecular weight excluding hydrogens is 298 g/mol. The molecule has 4 N–H and O–H groups in total. The van der Waals surface area contributed by atoms with Crippen LogP contribution in [0.1, 0.15) is 68.8 Å². The van der Waals surface area contributed by atoms with Gasteiger partial charge in [-0.2, -0.15) is 4.99 Å². The van der Waals surface area contributed by atoms with Crippen molar-refractivity contribution >= 4 is 17.8 Å². The first-order valence-corrected chi connectivity index (χ1v) is 8.12. The molecule has 0 aliphatic rings. The Bertz CT molecular complexity index is 470. The average molecular weight is 332 g/mol. The average Bonchev–Trinajstić information content (AvgIpc) is 2.52. The smallest absolute Gasteiger partial charge is 0.323 e. The van der Waals surface area contributed by atoms with Crippen LogP contribution in [0, 0.1) is 0 Å². The zero-order valence-corrected chi connectivity index (χ0v) is 13.8. The van der Waals surface area contributed by atoms with E-state index in [0.717, 1.165) is 44.9 Å². The van der Waals surface area contributed by atoms with E-state index in [1.54, 1.807) is 0 Å². The summed E-state index contributed by atoms with van der Waals surface area (Å²) in [4.78, 5) is 26.4. The summed E-state index contributed by atoms with van der Waals surface area (Å²) in [5.74, 6) is -2.57. The number of aliphatic carboxylic acids is 1. The van der Waals surface area contributed by atoms with Crippen LogP contribution in [0.5, 0.6) is 0 Å². The quantitative estimate of drug-likeness (QED) is 0.285. The number of carbonyl (C=O) groups excluding carboxylic acids is 1. The number of amides is 1. The molecule has 0 saturated heterocycles. The summed E-state index contributed by atoms with van der Waals surface area (Å²) >= 11 is 0. The molecule has 0 aliphatic heterocycles. The molecule has 0 aromatic rings. The maximum atomic E-state index is 11.8. The number of unbranched alkanes of at least 4 members (excludes halogenated alkanes) is 4. The molecule has 0 rings (SSSR count). The Labute approximate surface area is 142 Å². The van der Waals surface area contributed by atoms with Gasteiger partial charge in [0.25, 0.3) is 0 Å². The largest absolute Gasteiger partial charge is 0.480 e. The minimum atomic E-state index is -2.79. The molecule has 0 bridgehead atoms. The van der Waals surface area contributed by atoms with Gasteiger partial charge in [0.2, 0.25) is 5.91 Å². The predicted molar refractivity (Wildman–Crippen MR) is 90.1 cm³/mol. The van der Waals surface area contributed by atoms with Crippen molar-refractivity contribution in [1.82, 2.24) is 4.90 Å². The highest BCUT2D eigenvalue weighted by molar-refractivity contribution is 5.93. The van der Waals surface area contributed by atoms with Gasteiger partial charge in [-0.1, -0.05) is 39.0 Å². The third-order valence-electron chi connectivity index (χ3n) is 3.38. The van der Waals surface area contributed by atoms with Crippen LogP contribution in [-0.2, 0) is 9.59 Å². The summed E-state index contributed by atoms with van der Waals surface area (Å²) in [6, 6.07) is 0. The van der Waals surface area contributed by atoms with Crippen molar-refractivity contribution in [2.24, 2.45) is 10.7 Å². The number of likely N-dealkylation sites (N-methyl/N-ethyl adjacent to an activating group) is 1. The number of carboxylic acids is 1. The molecule has 0 fully saturated rings. The number of carbonyl (C=O) groups is 2. The maximum absolute atomic E-state index is 11.8. The van der Waals surface area contributed by atoms with Crippen LogP contribution in [0.15, 0.2) is 4.99 Å². The van der Waals surface area contributed by atoms with E-state index in [1.807, 2.05) is 0 Å². The number of nitrogens with zero attached hydrogens (tertiary/aromatic N) is 2. The molecule has 7 nitrogen and oxygen atoms in total. The van der Waals surface area contributed by atoms with Gasteiger partial charge in [0.05, 0.1) is 6.10 Å². The lowest BCUT2D eigenvalue weighted by molar-refractivity contribution is -0.137. The van der Waals surface area contributed by atoms with Gasteiger partial charge in [0, 0.05) is 17.5 Å². The zero-order valence-electron chi connectivity index (χ0n) is 16.8. The number of aliphatic hydroxyl groups excluding tert-OH is 1. The van der Waals surface area contributed by atoms with Gasteiger partial charge >= 0.3 is 5.97 Å². The molecule has 23 heavy (non-hydrogen) atoms. The summed E-state index contributed by atoms with van der Waals surface area (Å²) < 4.78 is 21.8. The summed E-state index contributed by atoms with van der Waals surface area (Å²) in [5.41, 5.74) is 5.48. The Morgan fingerprint density at radius 3 is 2.48 bits per heavy atom. The lowest BCUT2D eigenvalue weighted by atomic mass is 10.0. The van der Waals surface area contributed by atoms with Gasteiger partial charge in [-0.15, -0.1) is 0 Å². The van der Waals surface area contributed by atoms with Crippen LogP contribution in [0.4, 0.5) is 0 Å². The van der Waals surface area contributed by atoms with E-state index in [-0.39, 0.29) is 12.5 Å². The fourth-order valence-electron chi connectivity index (χ4n) is 2.05. The molecule has 0 radical (unpaired) electrons. The first-order chi connectivity index (χ1) is 12.1. The van der Waals surface area contributed by atoms with Gasteiger partial charge in [0.15, 0.2) is 5.96 Å². The van der Waals surface area contributed by atoms with Crippen molar-refractivity contribution in [2.75, 3.05) is 13.5 Å². The number of hydrogen-bond acceptors (Lipinski definition) is 3. The normalized spacial score (nSPS) is 15.4. The van der Waals surface area contributed by atoms with Crippen molar-refractivity contribution in [3.05, 3.63) is 0 Å². The molecule has 0 aromatic heterocycles. The highest BCUT2D eigenvalue weighted by Crippen LogP contribution is 2.11. The second-order valence-corrected chi connectivity index (χ2v) is 5.59. The SMILES string of the molecule is [2H]C([2H])([2H])N(CC(=O)O)C(N)=NC(=O)CCCCCCC(O)CCCC. The Balaban J connectivity index is 4.19. The van der Waals surface area contributed by atoms with Crippen LogP contribution in [0.2, 0.25) is 0 Å². The van der Waals surface area contributed by atoms with Crippen molar-refractivity contribution in [3.8, 4) is 0 Å². The Morgan fingerprint density at radius 2 is 1.87 bits per heavy atom. The predicted octanol–water partition coefficient (Wildman–Crippen LogP) is 1.74. The van der Waals surface area contributed by atoms with Crippen molar-refractivity contribution in [1.29, 1.82) is 0 Å². The van der Waals surface area contributed by atoms with Gasteiger partial charge in [-0.25, -0.2) is 0 Å². The molecule has 134 valence electrons. The molecule has 0 saturated carbocycles. The van der Waals surface area contributed by atoms with E-state index in [4.69, 9.17) is 15.0 Å². The van der Waals surface area contributed by atoms with Gasteiger partial charge < -0.3 is 20.8 Å². The number of carboxylic acid groups (broad SMARTS) is 1. The van der Waals surface area contributed by atoms with E-state index in [0.29, 0.717) is 11.3 Å². The van der Waals surface area contributed by atoms with Crippen molar-refractivity contribution in [2.45, 2.75) is 70.8 Å². The summed E-state index contributed by atoms with van der Waals surface area (Å²) in [7, 11) is 0. The van der Waals surface area contributed by atoms with Crippen LogP contribution in [0.3, 0.4) is 0 Å². The number of guanidine groups is 1. The second kappa shape index (κ2) is 12.9. The molecule has 0 aromatic carbocycles. The topological polar surface area (TPSA) is 116 Å². The van der Waals surface area contributed by atoms with Crippen LogP contribution >= 0.6 is 0 Å². The molecule has 1 amide bonds. The van der Waals surface area contributed by atoms with Gasteiger partial charge in [-0.3, -0.25) is 9.59 Å². The lowest BCUT2D eigenvalue weighted by Crippen LogP contribution is -2.38. The molecule has 1 unspecified atom stereocenters. The van der Waals surface area contributed by atoms with Crippen molar-refractivity contribution in [3.63, 3.8) is 0 Å². The van der Waals surface area contributed by atoms with Gasteiger partial charge in [-0.05, 0) is 19.3 Å². The van der Waals surface area contributed by atoms with E-state index < -0.39 is 31.4 Å². The van der Waals surface area contributed by atoms with E-state index in [2.05, 4.69) is 11.9 Å². The van der Waals surface area contributed by atoms with Crippen LogP contribution in [-0.4, -0.2) is 52.6 Å². The molecule has 0 heterocycles. The molecule has 0 aliphatic carbocycles. The highest BCUT2D eigenvalue weighted by Gasteiger charge is 2.09. The lowest BCUT2D eigenvalue weighted by Gasteiger charge is -2.14. The Kier molecular flexibility index (Phi) is 9.08. The monoisotopic (exact) mass is 332 g/mol. The molecule has 7 heteroatoms. The summed E-state index contributed by atoms with van der Waals surface area (Å²) in [6.07, 6.45) is 6.64. The second-order valence-electron chi connectivity index (χ2n) is 5.59. The third kappa shape index (κ3) is 12.6. The Hall–Kier alpha value is -1.63. The molecule has 1 atom stereocenters. The van der Waals surface area contributed by atoms with E-state index >= 15 is 0 Å². The van der Waals surface area contributed by atoms with Crippen LogP contribution in [0.25, 0.3) is 0 Å². The molecule has 0 spiro atoms. The maximum Gasteiger partial charge on any atom is 0.323 e. The summed E-state index contributed by atoms with van der Waals surface area (Å²) in [6.45, 7) is -1.57. The first-order valence-electron chi connectivity index (χ1n) is 9.62. The minimum Gasteiger partial charge on any atom is -0.480 e. The van der Waals surface area contributed by atoms with Crippen LogP contribution < -0.4 is 5.73 Å². The highest BCUT2D eigenvalue weighted by atomic mass is 16.4. The number of rotatable bonds is 12. The van der Waals surface area contributed by atoms with E-state index in [9.17, 15) is 14.7 Å². The fourth-order valence-corrected chi connectivity index (χ4v) is 2.05. The number of hydrogen-bond donors (Lipinski definition) is 3. The first kappa shape index (κ1) is 16.2. The summed E-state index contributed by atoms with van der Waals surface area (Å²) in [5, 5.41) is 18.5. The fraction of sp³-hybridized carbons (Fsp3) is 0.812. The third-order valence-corrected chi connectivity index (χ3v) is 3.38. The number of nitrogens with two attached hydrogens (primary N) is 1.